The number of anilines is 1. The van der Waals surface area contributed by atoms with Crippen LogP contribution in [0, 0.1) is 17.5 Å². The largest absolute Gasteiger partial charge is 0.505 e. The van der Waals surface area contributed by atoms with E-state index in [1.54, 1.807) is 5.32 Å². The molecule has 0 aliphatic carbocycles. The minimum Gasteiger partial charge on any atom is -0.505 e. The van der Waals surface area contributed by atoms with Gasteiger partial charge in [-0.3, -0.25) is 9.36 Å². The van der Waals surface area contributed by atoms with E-state index in [2.05, 4.69) is 9.84 Å². The molecule has 0 unspecified atom stereocenters. The van der Waals surface area contributed by atoms with E-state index in [1.807, 2.05) is 0 Å². The zero-order chi connectivity index (χ0) is 25.5. The number of aromatic nitrogens is 3. The topological polar surface area (TPSA) is 98.4 Å². The van der Waals surface area contributed by atoms with Crippen LogP contribution >= 0.6 is 0 Å². The standard InChI is InChI=1S/C21H16F6N4O4/c22-11-4-5-14(32)17(24)18(11)28-19(33)10-7-12(23)13(8-15(10)35-9-21(25,26)27)31-20(34)30-6-2-1-3-16(30)29-31/h4-5,7-8,32H,1-3,6,9H2,(H,28,33). The molecule has 4 rings (SSSR count). The van der Waals surface area contributed by atoms with Gasteiger partial charge in [0.25, 0.3) is 5.91 Å². The van der Waals surface area contributed by atoms with E-state index >= 15 is 4.39 Å². The molecule has 0 spiro atoms. The van der Waals surface area contributed by atoms with E-state index in [-0.39, 0.29) is 0 Å². The summed E-state index contributed by atoms with van der Waals surface area (Å²) in [6.07, 6.45) is -3.00. The molecule has 2 aromatic carbocycles. The van der Waals surface area contributed by atoms with Gasteiger partial charge in [0.15, 0.2) is 18.2 Å². The number of nitrogens with one attached hydrogen (secondary N) is 1. The van der Waals surface area contributed by atoms with Gasteiger partial charge in [0.2, 0.25) is 0 Å². The van der Waals surface area contributed by atoms with Crippen molar-refractivity contribution < 1.29 is 41.0 Å². The summed E-state index contributed by atoms with van der Waals surface area (Å²) in [5.74, 6) is -7.01. The number of alkyl halides is 3. The fourth-order valence-corrected chi connectivity index (χ4v) is 3.55. The van der Waals surface area contributed by atoms with Gasteiger partial charge in [0.1, 0.15) is 34.6 Å². The van der Waals surface area contributed by atoms with Crippen LogP contribution in [0.2, 0.25) is 0 Å². The van der Waals surface area contributed by atoms with Crippen molar-refractivity contribution in [1.29, 1.82) is 0 Å². The van der Waals surface area contributed by atoms with Crippen LogP contribution < -0.4 is 15.7 Å². The Labute approximate surface area is 192 Å². The lowest BCUT2D eigenvalue weighted by molar-refractivity contribution is -0.153. The molecule has 0 atom stereocenters. The second kappa shape index (κ2) is 9.00. The molecule has 3 aromatic rings. The Morgan fingerprint density at radius 1 is 1.14 bits per heavy atom. The Hall–Kier alpha value is -3.97. The summed E-state index contributed by atoms with van der Waals surface area (Å²) >= 11 is 0. The molecule has 0 bridgehead atoms. The Kier molecular flexibility index (Phi) is 6.21. The predicted molar refractivity (Wildman–Crippen MR) is 108 cm³/mol. The van der Waals surface area contributed by atoms with Crippen LogP contribution in [0.3, 0.4) is 0 Å². The van der Waals surface area contributed by atoms with Crippen molar-refractivity contribution >= 4 is 11.6 Å². The second-order valence-electron chi connectivity index (χ2n) is 7.63. The molecule has 1 aromatic heterocycles. The summed E-state index contributed by atoms with van der Waals surface area (Å²) < 4.78 is 88.0. The molecule has 2 heterocycles. The van der Waals surface area contributed by atoms with E-state index in [1.165, 1.54) is 4.57 Å². The molecule has 8 nitrogen and oxygen atoms in total. The van der Waals surface area contributed by atoms with Crippen molar-refractivity contribution in [2.75, 3.05) is 11.9 Å². The molecule has 1 aliphatic heterocycles. The van der Waals surface area contributed by atoms with E-state index in [0.717, 1.165) is 6.42 Å². The lowest BCUT2D eigenvalue weighted by Gasteiger charge is -2.15. The minimum absolute atomic E-state index is 0.328. The quantitative estimate of drug-likeness (QED) is 0.519. The van der Waals surface area contributed by atoms with Gasteiger partial charge in [0.05, 0.1) is 5.56 Å². The molecule has 186 valence electrons. The normalized spacial score (nSPS) is 13.4. The molecule has 0 radical (unpaired) electrons. The van der Waals surface area contributed by atoms with Crippen molar-refractivity contribution in [2.45, 2.75) is 32.0 Å². The molecule has 14 heteroatoms. The average Bonchev–Trinajstić information content (AvgIpc) is 3.14. The van der Waals surface area contributed by atoms with Crippen LogP contribution in [0.15, 0.2) is 29.1 Å². The van der Waals surface area contributed by atoms with Gasteiger partial charge in [-0.2, -0.15) is 17.9 Å². The number of phenolic OH excluding ortho intramolecular Hbond substituents is 1. The first-order valence-electron chi connectivity index (χ1n) is 10.2. The first-order valence-corrected chi connectivity index (χ1v) is 10.2. The van der Waals surface area contributed by atoms with Crippen LogP contribution in [0.25, 0.3) is 5.69 Å². The van der Waals surface area contributed by atoms with Gasteiger partial charge in [-0.25, -0.2) is 18.0 Å². The number of aromatic hydroxyl groups is 1. The lowest BCUT2D eigenvalue weighted by atomic mass is 10.1. The Bertz CT molecular complexity index is 1370. The smallest absolute Gasteiger partial charge is 0.422 e. The number of hydrogen-bond donors (Lipinski definition) is 2. The summed E-state index contributed by atoms with van der Waals surface area (Å²) in [4.78, 5) is 25.3. The number of fused-ring (bicyclic) bond motifs is 1. The Morgan fingerprint density at radius 3 is 2.57 bits per heavy atom. The van der Waals surface area contributed by atoms with Crippen molar-refractivity contribution in [3.63, 3.8) is 0 Å². The van der Waals surface area contributed by atoms with E-state index in [9.17, 15) is 36.6 Å². The highest BCUT2D eigenvalue weighted by atomic mass is 19.4. The number of carbonyl (C=O) groups is 1. The predicted octanol–water partition coefficient (Wildman–Crippen LogP) is 3.69. The highest BCUT2D eigenvalue weighted by Crippen LogP contribution is 2.31. The molecule has 2 N–H and O–H groups in total. The Balaban J connectivity index is 1.78. The molecule has 1 aliphatic rings. The van der Waals surface area contributed by atoms with Gasteiger partial charge in [-0.05, 0) is 31.0 Å². The maximum atomic E-state index is 15.0. The monoisotopic (exact) mass is 502 g/mol. The first-order chi connectivity index (χ1) is 16.5. The van der Waals surface area contributed by atoms with E-state index in [4.69, 9.17) is 0 Å². The summed E-state index contributed by atoms with van der Waals surface area (Å²) in [6.45, 7) is -1.56. The third-order valence-corrected chi connectivity index (χ3v) is 5.19. The molecular formula is C21H16F6N4O4. The van der Waals surface area contributed by atoms with Gasteiger partial charge >= 0.3 is 11.9 Å². The van der Waals surface area contributed by atoms with Gasteiger partial charge in [0, 0.05) is 19.0 Å². The lowest BCUT2D eigenvalue weighted by Crippen LogP contribution is -2.27. The molecule has 0 saturated heterocycles. The van der Waals surface area contributed by atoms with Crippen molar-refractivity contribution in [1.82, 2.24) is 14.3 Å². The highest BCUT2D eigenvalue weighted by molar-refractivity contribution is 6.06. The molecule has 1 amide bonds. The van der Waals surface area contributed by atoms with E-state index in [0.29, 0.717) is 54.2 Å². The number of nitrogens with zero attached hydrogens (tertiary/aromatic N) is 3. The van der Waals surface area contributed by atoms with Crippen LogP contribution in [0.1, 0.15) is 29.0 Å². The van der Waals surface area contributed by atoms with Gasteiger partial charge in [-0.15, -0.1) is 5.10 Å². The number of carbonyl (C=O) groups excluding carboxylic acids is 1. The SMILES string of the molecule is O=C(Nc1c(F)ccc(O)c1F)c1cc(F)c(-n2nc3n(c2=O)CCCC3)cc1OCC(F)(F)F. The number of phenols is 1. The summed E-state index contributed by atoms with van der Waals surface area (Å²) in [6, 6.07) is 2.44. The Morgan fingerprint density at radius 2 is 1.89 bits per heavy atom. The molecular weight excluding hydrogens is 486 g/mol. The zero-order valence-corrected chi connectivity index (χ0v) is 17.6. The van der Waals surface area contributed by atoms with Gasteiger partial charge in [-0.1, -0.05) is 0 Å². The third kappa shape index (κ3) is 4.81. The van der Waals surface area contributed by atoms with E-state index < -0.39 is 70.3 Å². The van der Waals surface area contributed by atoms with Crippen molar-refractivity contribution in [3.05, 3.63) is 63.6 Å². The summed E-state index contributed by atoms with van der Waals surface area (Å²) in [7, 11) is 0. The fourth-order valence-electron chi connectivity index (χ4n) is 3.55. The number of amides is 1. The second-order valence-corrected chi connectivity index (χ2v) is 7.63. The van der Waals surface area contributed by atoms with Gasteiger partial charge < -0.3 is 15.2 Å². The van der Waals surface area contributed by atoms with Crippen LogP contribution in [-0.4, -0.2) is 38.1 Å². The maximum absolute atomic E-state index is 15.0. The summed E-state index contributed by atoms with van der Waals surface area (Å²) in [5, 5.41) is 15.2. The van der Waals surface area contributed by atoms with Crippen LogP contribution in [-0.2, 0) is 13.0 Å². The summed E-state index contributed by atoms with van der Waals surface area (Å²) in [5.41, 5.74) is -3.28. The molecule has 0 fully saturated rings. The van der Waals surface area contributed by atoms with Crippen LogP contribution in [0.4, 0.5) is 32.0 Å². The first kappa shape index (κ1) is 24.2. The number of rotatable bonds is 5. The zero-order valence-electron chi connectivity index (χ0n) is 17.6. The third-order valence-electron chi connectivity index (χ3n) is 5.19. The van der Waals surface area contributed by atoms with Crippen molar-refractivity contribution in [3.8, 4) is 17.2 Å². The number of ether oxygens (including phenoxy) is 1. The minimum atomic E-state index is -4.85. The molecule has 35 heavy (non-hydrogen) atoms. The number of hydrogen-bond acceptors (Lipinski definition) is 5. The fraction of sp³-hybridized carbons (Fsp3) is 0.286. The van der Waals surface area contributed by atoms with Crippen molar-refractivity contribution in [2.24, 2.45) is 0 Å². The number of halogens is 6. The average molecular weight is 502 g/mol. The number of benzene rings is 2. The number of aryl methyl sites for hydroxylation is 1. The maximum Gasteiger partial charge on any atom is 0.422 e. The molecule has 0 saturated carbocycles. The van der Waals surface area contributed by atoms with Crippen LogP contribution in [0.5, 0.6) is 11.5 Å². The highest BCUT2D eigenvalue weighted by Gasteiger charge is 2.31.